The van der Waals surface area contributed by atoms with Crippen LogP contribution in [0.2, 0.25) is 0 Å². The second kappa shape index (κ2) is 7.81. The molecular formula is C16H23BrN2O. The Morgan fingerprint density at radius 2 is 2.05 bits per heavy atom. The minimum atomic E-state index is 0.0935. The van der Waals surface area contributed by atoms with Crippen molar-refractivity contribution < 1.29 is 4.42 Å². The molecule has 0 fully saturated rings. The van der Waals surface area contributed by atoms with E-state index in [-0.39, 0.29) is 6.04 Å². The van der Waals surface area contributed by atoms with E-state index < -0.39 is 0 Å². The Morgan fingerprint density at radius 3 is 2.75 bits per heavy atom. The summed E-state index contributed by atoms with van der Waals surface area (Å²) in [6, 6.07) is 8.24. The number of rotatable bonds is 8. The highest BCUT2D eigenvalue weighted by Crippen LogP contribution is 2.31. The molecule has 0 aliphatic carbocycles. The standard InChI is InChI=1S/C16H23BrN2O/c1-2-3-4-5-6-10-14(19-18)15-11-12-8-7-9-13(17)16(12)20-15/h7-9,11,14,19H,2-6,10,18H2,1H3. The molecule has 20 heavy (non-hydrogen) atoms. The summed E-state index contributed by atoms with van der Waals surface area (Å²) < 4.78 is 6.93. The first kappa shape index (κ1) is 15.5. The summed E-state index contributed by atoms with van der Waals surface area (Å²) in [5.41, 5.74) is 3.78. The number of unbranched alkanes of at least 4 members (excludes halogenated alkanes) is 4. The maximum atomic E-state index is 5.94. The number of furan rings is 1. The normalized spacial score (nSPS) is 12.9. The van der Waals surface area contributed by atoms with Crippen LogP contribution in [-0.2, 0) is 0 Å². The van der Waals surface area contributed by atoms with Crippen molar-refractivity contribution >= 4 is 26.9 Å². The molecule has 1 unspecified atom stereocenters. The predicted octanol–water partition coefficient (Wildman–Crippen LogP) is 5.06. The fourth-order valence-electron chi connectivity index (χ4n) is 2.48. The quantitative estimate of drug-likeness (QED) is 0.401. The van der Waals surface area contributed by atoms with Crippen molar-refractivity contribution in [3.8, 4) is 0 Å². The van der Waals surface area contributed by atoms with Crippen molar-refractivity contribution in [3.05, 3.63) is 34.5 Å². The van der Waals surface area contributed by atoms with Gasteiger partial charge in [-0.15, -0.1) is 0 Å². The molecule has 1 atom stereocenters. The topological polar surface area (TPSA) is 51.2 Å². The Balaban J connectivity index is 2.00. The Labute approximate surface area is 129 Å². The van der Waals surface area contributed by atoms with Gasteiger partial charge in [-0.25, -0.2) is 5.43 Å². The third-order valence-electron chi connectivity index (χ3n) is 3.66. The van der Waals surface area contributed by atoms with Gasteiger partial charge in [0.2, 0.25) is 0 Å². The van der Waals surface area contributed by atoms with Crippen LogP contribution in [0.5, 0.6) is 0 Å². The smallest absolute Gasteiger partial charge is 0.148 e. The summed E-state index contributed by atoms with van der Waals surface area (Å²) in [4.78, 5) is 0. The number of halogens is 1. The minimum Gasteiger partial charge on any atom is -0.458 e. The maximum Gasteiger partial charge on any atom is 0.148 e. The Hall–Kier alpha value is -0.840. The highest BCUT2D eigenvalue weighted by molar-refractivity contribution is 9.10. The van der Waals surface area contributed by atoms with Crippen LogP contribution in [0.3, 0.4) is 0 Å². The molecule has 1 aromatic carbocycles. The number of para-hydroxylation sites is 1. The van der Waals surface area contributed by atoms with Gasteiger partial charge in [-0.3, -0.25) is 5.84 Å². The molecule has 0 aliphatic rings. The first-order chi connectivity index (χ1) is 9.76. The van der Waals surface area contributed by atoms with E-state index >= 15 is 0 Å². The molecule has 110 valence electrons. The SMILES string of the molecule is CCCCCCCC(NN)c1cc2cccc(Br)c2o1. The van der Waals surface area contributed by atoms with Gasteiger partial charge in [0.15, 0.2) is 0 Å². The van der Waals surface area contributed by atoms with Crippen LogP contribution in [-0.4, -0.2) is 0 Å². The van der Waals surface area contributed by atoms with Gasteiger partial charge in [-0.1, -0.05) is 51.2 Å². The van der Waals surface area contributed by atoms with E-state index in [1.807, 2.05) is 12.1 Å². The van der Waals surface area contributed by atoms with Crippen LogP contribution in [0.15, 0.2) is 33.2 Å². The number of nitrogens with two attached hydrogens (primary N) is 1. The van der Waals surface area contributed by atoms with Crippen molar-refractivity contribution in [1.29, 1.82) is 0 Å². The monoisotopic (exact) mass is 338 g/mol. The van der Waals surface area contributed by atoms with Gasteiger partial charge in [0.05, 0.1) is 10.5 Å². The Bertz CT molecular complexity index is 538. The van der Waals surface area contributed by atoms with Crippen LogP contribution in [0.25, 0.3) is 11.0 Å². The number of benzene rings is 1. The molecule has 0 saturated carbocycles. The average Bonchev–Trinajstić information content (AvgIpc) is 2.88. The first-order valence-corrected chi connectivity index (χ1v) is 8.19. The summed E-state index contributed by atoms with van der Waals surface area (Å²) >= 11 is 3.52. The van der Waals surface area contributed by atoms with E-state index in [4.69, 9.17) is 10.3 Å². The minimum absolute atomic E-state index is 0.0935. The van der Waals surface area contributed by atoms with Gasteiger partial charge in [0, 0.05) is 5.39 Å². The average molecular weight is 339 g/mol. The summed E-state index contributed by atoms with van der Waals surface area (Å²) in [5, 5.41) is 1.11. The lowest BCUT2D eigenvalue weighted by atomic mass is 10.0. The molecule has 0 amide bonds. The van der Waals surface area contributed by atoms with Crippen LogP contribution in [0.4, 0.5) is 0 Å². The number of fused-ring (bicyclic) bond motifs is 1. The van der Waals surface area contributed by atoms with Gasteiger partial charge in [0.1, 0.15) is 11.3 Å². The maximum absolute atomic E-state index is 5.94. The zero-order chi connectivity index (χ0) is 14.4. The van der Waals surface area contributed by atoms with Crippen LogP contribution in [0.1, 0.15) is 57.3 Å². The lowest BCUT2D eigenvalue weighted by Gasteiger charge is -2.12. The van der Waals surface area contributed by atoms with E-state index in [0.717, 1.165) is 27.6 Å². The summed E-state index contributed by atoms with van der Waals surface area (Å²) in [5.74, 6) is 6.61. The second-order valence-corrected chi connectivity index (χ2v) is 6.08. The Morgan fingerprint density at radius 1 is 1.25 bits per heavy atom. The van der Waals surface area contributed by atoms with Crippen molar-refractivity contribution in [2.24, 2.45) is 5.84 Å². The third kappa shape index (κ3) is 3.84. The second-order valence-electron chi connectivity index (χ2n) is 5.23. The predicted molar refractivity (Wildman–Crippen MR) is 87.4 cm³/mol. The molecular weight excluding hydrogens is 316 g/mol. The van der Waals surface area contributed by atoms with Gasteiger partial charge < -0.3 is 4.42 Å². The van der Waals surface area contributed by atoms with E-state index in [2.05, 4.69) is 40.4 Å². The summed E-state index contributed by atoms with van der Waals surface area (Å²) in [6.45, 7) is 2.23. The van der Waals surface area contributed by atoms with Crippen LogP contribution >= 0.6 is 15.9 Å². The zero-order valence-electron chi connectivity index (χ0n) is 12.0. The number of nitrogens with one attached hydrogen (secondary N) is 1. The van der Waals surface area contributed by atoms with Crippen LogP contribution in [0, 0.1) is 0 Å². The lowest BCUT2D eigenvalue weighted by molar-refractivity contribution is 0.402. The molecule has 0 spiro atoms. The molecule has 2 aromatic rings. The Kier molecular flexibility index (Phi) is 6.07. The van der Waals surface area contributed by atoms with Gasteiger partial charge in [-0.05, 0) is 34.5 Å². The molecule has 0 radical (unpaired) electrons. The van der Waals surface area contributed by atoms with Crippen LogP contribution < -0.4 is 11.3 Å². The zero-order valence-corrected chi connectivity index (χ0v) is 13.6. The van der Waals surface area contributed by atoms with E-state index in [1.165, 1.54) is 32.1 Å². The van der Waals surface area contributed by atoms with Gasteiger partial charge in [-0.2, -0.15) is 0 Å². The molecule has 0 saturated heterocycles. The number of hydrogen-bond acceptors (Lipinski definition) is 3. The fourth-order valence-corrected chi connectivity index (χ4v) is 2.94. The van der Waals surface area contributed by atoms with Gasteiger partial charge >= 0.3 is 0 Å². The van der Waals surface area contributed by atoms with Gasteiger partial charge in [0.25, 0.3) is 0 Å². The number of hydrogen-bond donors (Lipinski definition) is 2. The van der Waals surface area contributed by atoms with E-state index in [0.29, 0.717) is 0 Å². The molecule has 2 rings (SSSR count). The molecule has 3 nitrogen and oxygen atoms in total. The number of hydrazine groups is 1. The molecule has 1 aromatic heterocycles. The summed E-state index contributed by atoms with van der Waals surface area (Å²) in [6.07, 6.45) is 7.34. The van der Waals surface area contributed by atoms with Crippen molar-refractivity contribution in [3.63, 3.8) is 0 Å². The molecule has 4 heteroatoms. The first-order valence-electron chi connectivity index (χ1n) is 7.40. The van der Waals surface area contributed by atoms with Crippen molar-refractivity contribution in [1.82, 2.24) is 5.43 Å². The molecule has 3 N–H and O–H groups in total. The van der Waals surface area contributed by atoms with Crippen molar-refractivity contribution in [2.45, 2.75) is 51.5 Å². The third-order valence-corrected chi connectivity index (χ3v) is 4.28. The fraction of sp³-hybridized carbons (Fsp3) is 0.500. The largest absolute Gasteiger partial charge is 0.458 e. The molecule has 1 heterocycles. The highest BCUT2D eigenvalue weighted by Gasteiger charge is 2.15. The lowest BCUT2D eigenvalue weighted by Crippen LogP contribution is -2.27. The van der Waals surface area contributed by atoms with Crippen molar-refractivity contribution in [2.75, 3.05) is 0 Å². The molecule has 0 bridgehead atoms. The molecule has 0 aliphatic heterocycles. The van der Waals surface area contributed by atoms with E-state index in [9.17, 15) is 0 Å². The van der Waals surface area contributed by atoms with E-state index in [1.54, 1.807) is 0 Å². The highest BCUT2D eigenvalue weighted by atomic mass is 79.9. The summed E-state index contributed by atoms with van der Waals surface area (Å²) in [7, 11) is 0.